The van der Waals surface area contributed by atoms with E-state index in [9.17, 15) is 10.2 Å². The standard InChI is InChI=1S/C10H15NO4.ClH/c1-3-15-10(14)8-7(5-12)4-11-6(2)9(8)13;/h4,10,12-14H,3,5H2,1-2H3;1H. The fraction of sp³-hybridized carbons (Fsp3) is 0.500. The Bertz CT molecular complexity index is 346. The maximum absolute atomic E-state index is 9.69. The third-order valence-electron chi connectivity index (χ3n) is 2.10. The van der Waals surface area contributed by atoms with Crippen LogP contribution in [0.3, 0.4) is 0 Å². The largest absolute Gasteiger partial charge is 0.506 e. The average Bonchev–Trinajstić information content (AvgIpc) is 2.22. The Morgan fingerprint density at radius 2 is 2.12 bits per heavy atom. The lowest BCUT2D eigenvalue weighted by Crippen LogP contribution is -2.08. The molecule has 0 aromatic carbocycles. The summed E-state index contributed by atoms with van der Waals surface area (Å²) in [6.45, 7) is 3.35. The van der Waals surface area contributed by atoms with Crippen LogP contribution in [0, 0.1) is 6.92 Å². The molecule has 0 aliphatic heterocycles. The lowest BCUT2D eigenvalue weighted by molar-refractivity contribution is -0.1000. The van der Waals surface area contributed by atoms with Crippen LogP contribution < -0.4 is 0 Å². The first-order chi connectivity index (χ1) is 7.11. The predicted molar refractivity (Wildman–Crippen MR) is 60.4 cm³/mol. The van der Waals surface area contributed by atoms with E-state index in [2.05, 4.69) is 4.98 Å². The number of rotatable bonds is 4. The first kappa shape index (κ1) is 15.1. The number of aliphatic hydroxyl groups excluding tert-OH is 2. The molecule has 92 valence electrons. The van der Waals surface area contributed by atoms with Crippen molar-refractivity contribution in [2.75, 3.05) is 6.61 Å². The molecule has 0 spiro atoms. The number of aryl methyl sites for hydroxylation is 1. The number of aliphatic hydroxyl groups is 2. The number of aromatic hydroxyl groups is 1. The van der Waals surface area contributed by atoms with Gasteiger partial charge in [-0.1, -0.05) is 0 Å². The van der Waals surface area contributed by atoms with Crippen molar-refractivity contribution in [2.24, 2.45) is 0 Å². The number of nitrogens with zero attached hydrogens (tertiary/aromatic N) is 1. The lowest BCUT2D eigenvalue weighted by atomic mass is 10.1. The van der Waals surface area contributed by atoms with Gasteiger partial charge >= 0.3 is 0 Å². The van der Waals surface area contributed by atoms with Crippen LogP contribution in [0.5, 0.6) is 5.75 Å². The zero-order chi connectivity index (χ0) is 11.4. The van der Waals surface area contributed by atoms with Gasteiger partial charge in [-0.2, -0.15) is 0 Å². The Morgan fingerprint density at radius 3 is 2.62 bits per heavy atom. The van der Waals surface area contributed by atoms with Gasteiger partial charge in [0.1, 0.15) is 5.75 Å². The third-order valence-corrected chi connectivity index (χ3v) is 2.10. The second-order valence-electron chi connectivity index (χ2n) is 3.10. The molecule has 1 unspecified atom stereocenters. The highest BCUT2D eigenvalue weighted by Gasteiger charge is 2.19. The summed E-state index contributed by atoms with van der Waals surface area (Å²) in [5, 5.41) is 28.3. The van der Waals surface area contributed by atoms with Gasteiger partial charge in [-0.3, -0.25) is 4.98 Å². The summed E-state index contributed by atoms with van der Waals surface area (Å²) in [5.41, 5.74) is 0.937. The van der Waals surface area contributed by atoms with Gasteiger partial charge in [-0.15, -0.1) is 12.4 Å². The quantitative estimate of drug-likeness (QED) is 0.695. The van der Waals surface area contributed by atoms with Gasteiger partial charge in [0.2, 0.25) is 0 Å². The van der Waals surface area contributed by atoms with Crippen LogP contribution in [0.25, 0.3) is 0 Å². The number of halogens is 1. The molecule has 0 aliphatic carbocycles. The van der Waals surface area contributed by atoms with E-state index in [0.29, 0.717) is 17.9 Å². The van der Waals surface area contributed by atoms with Crippen LogP contribution in [0.4, 0.5) is 0 Å². The second kappa shape index (κ2) is 6.65. The van der Waals surface area contributed by atoms with Gasteiger partial charge < -0.3 is 20.1 Å². The molecular formula is C10H16ClNO4. The van der Waals surface area contributed by atoms with E-state index in [-0.39, 0.29) is 30.3 Å². The van der Waals surface area contributed by atoms with Gasteiger partial charge in [0.25, 0.3) is 0 Å². The number of hydrogen-bond donors (Lipinski definition) is 3. The molecule has 0 saturated heterocycles. The maximum atomic E-state index is 9.69. The molecule has 6 heteroatoms. The Labute approximate surface area is 100 Å². The van der Waals surface area contributed by atoms with Crippen LogP contribution >= 0.6 is 12.4 Å². The summed E-state index contributed by atoms with van der Waals surface area (Å²) in [4.78, 5) is 3.88. The highest BCUT2D eigenvalue weighted by molar-refractivity contribution is 5.85. The monoisotopic (exact) mass is 249 g/mol. The van der Waals surface area contributed by atoms with Crippen molar-refractivity contribution in [1.29, 1.82) is 0 Å². The summed E-state index contributed by atoms with van der Waals surface area (Å²) >= 11 is 0. The number of aromatic nitrogens is 1. The minimum absolute atomic E-state index is 0. The molecule has 1 rings (SSSR count). The van der Waals surface area contributed by atoms with Crippen molar-refractivity contribution in [1.82, 2.24) is 4.98 Å². The van der Waals surface area contributed by atoms with E-state index in [0.717, 1.165) is 0 Å². The smallest absolute Gasteiger partial charge is 0.185 e. The van der Waals surface area contributed by atoms with Crippen molar-refractivity contribution in [3.63, 3.8) is 0 Å². The SMILES string of the molecule is CCOC(O)c1c(CO)cnc(C)c1O.Cl. The van der Waals surface area contributed by atoms with Gasteiger partial charge in [0.15, 0.2) is 6.29 Å². The molecule has 3 N–H and O–H groups in total. The van der Waals surface area contributed by atoms with E-state index in [1.165, 1.54) is 6.20 Å². The van der Waals surface area contributed by atoms with Gasteiger partial charge in [0.05, 0.1) is 17.9 Å². The van der Waals surface area contributed by atoms with Crippen LogP contribution in [-0.2, 0) is 11.3 Å². The highest BCUT2D eigenvalue weighted by Crippen LogP contribution is 2.30. The van der Waals surface area contributed by atoms with Crippen molar-refractivity contribution in [3.8, 4) is 5.75 Å². The molecule has 5 nitrogen and oxygen atoms in total. The summed E-state index contributed by atoms with van der Waals surface area (Å²) in [5.74, 6) is -0.137. The Balaban J connectivity index is 0.00000225. The number of hydrogen-bond acceptors (Lipinski definition) is 5. The molecule has 1 atom stereocenters. The normalized spacial score (nSPS) is 12.0. The number of pyridine rings is 1. The molecule has 1 aromatic rings. The second-order valence-corrected chi connectivity index (χ2v) is 3.10. The zero-order valence-corrected chi connectivity index (χ0v) is 9.99. The van der Waals surface area contributed by atoms with Crippen LogP contribution in [0.2, 0.25) is 0 Å². The minimum Gasteiger partial charge on any atom is -0.506 e. The van der Waals surface area contributed by atoms with Gasteiger partial charge in [-0.05, 0) is 13.8 Å². The summed E-state index contributed by atoms with van der Waals surface area (Å²) in [6, 6.07) is 0. The lowest BCUT2D eigenvalue weighted by Gasteiger charge is -2.16. The van der Waals surface area contributed by atoms with E-state index in [4.69, 9.17) is 9.84 Å². The predicted octanol–water partition coefficient (Wildman–Crippen LogP) is 1.04. The van der Waals surface area contributed by atoms with E-state index in [1.54, 1.807) is 13.8 Å². The maximum Gasteiger partial charge on any atom is 0.185 e. The molecule has 1 aromatic heterocycles. The molecule has 1 heterocycles. The van der Waals surface area contributed by atoms with E-state index in [1.807, 2.05) is 0 Å². The van der Waals surface area contributed by atoms with E-state index < -0.39 is 6.29 Å². The fourth-order valence-corrected chi connectivity index (χ4v) is 1.30. The molecule has 0 radical (unpaired) electrons. The third kappa shape index (κ3) is 3.05. The van der Waals surface area contributed by atoms with Crippen LogP contribution in [0.1, 0.15) is 30.0 Å². The number of ether oxygens (including phenoxy) is 1. The zero-order valence-electron chi connectivity index (χ0n) is 9.17. The first-order valence-corrected chi connectivity index (χ1v) is 4.69. The van der Waals surface area contributed by atoms with Gasteiger partial charge in [-0.25, -0.2) is 0 Å². The molecule has 0 saturated carbocycles. The molecule has 0 fully saturated rings. The van der Waals surface area contributed by atoms with Crippen molar-refractivity contribution >= 4 is 12.4 Å². The Morgan fingerprint density at radius 1 is 1.50 bits per heavy atom. The van der Waals surface area contributed by atoms with Crippen molar-refractivity contribution < 1.29 is 20.1 Å². The Hall–Kier alpha value is -0.880. The van der Waals surface area contributed by atoms with Crippen LogP contribution in [0.15, 0.2) is 6.20 Å². The molecule has 0 bridgehead atoms. The van der Waals surface area contributed by atoms with E-state index >= 15 is 0 Å². The summed E-state index contributed by atoms with van der Waals surface area (Å²) in [7, 11) is 0. The minimum atomic E-state index is -1.24. The molecular weight excluding hydrogens is 234 g/mol. The highest BCUT2D eigenvalue weighted by atomic mass is 35.5. The average molecular weight is 250 g/mol. The van der Waals surface area contributed by atoms with Crippen molar-refractivity contribution in [3.05, 3.63) is 23.0 Å². The topological polar surface area (TPSA) is 82.8 Å². The van der Waals surface area contributed by atoms with Crippen molar-refractivity contribution in [2.45, 2.75) is 26.7 Å². The fourth-order valence-electron chi connectivity index (χ4n) is 1.30. The van der Waals surface area contributed by atoms with Crippen LogP contribution in [-0.4, -0.2) is 26.9 Å². The summed E-state index contributed by atoms with van der Waals surface area (Å²) < 4.78 is 4.96. The molecule has 0 aliphatic rings. The van der Waals surface area contributed by atoms with Gasteiger partial charge in [0, 0.05) is 18.4 Å². The molecule has 16 heavy (non-hydrogen) atoms. The first-order valence-electron chi connectivity index (χ1n) is 4.69. The summed E-state index contributed by atoms with van der Waals surface area (Å²) in [6.07, 6.45) is 0.172. The molecule has 0 amide bonds. The Kier molecular flexibility index (Phi) is 6.28.